The Kier molecular flexibility index (Phi) is 3.43. The number of carbonyl (C=O) groups excluding carboxylic acids is 1. The highest BCUT2D eigenvalue weighted by atomic mass is 16.1. The van der Waals surface area contributed by atoms with Gasteiger partial charge in [0, 0.05) is 11.8 Å². The van der Waals surface area contributed by atoms with E-state index in [-0.39, 0.29) is 5.91 Å². The van der Waals surface area contributed by atoms with Gasteiger partial charge in [0.15, 0.2) is 11.5 Å². The smallest absolute Gasteiger partial charge is 0.251 e. The van der Waals surface area contributed by atoms with Crippen molar-refractivity contribution in [3.63, 3.8) is 0 Å². The number of nitrogens with one attached hydrogen (secondary N) is 1. The molecule has 9 heteroatoms. The summed E-state index contributed by atoms with van der Waals surface area (Å²) in [6, 6.07) is 12.6. The minimum atomic E-state index is -0.189. The van der Waals surface area contributed by atoms with Crippen LogP contribution in [-0.2, 0) is 6.54 Å². The number of fused-ring (bicyclic) bond motifs is 1. The molecule has 0 aliphatic carbocycles. The summed E-state index contributed by atoms with van der Waals surface area (Å²) in [5.41, 5.74) is 2.06. The quantitative estimate of drug-likeness (QED) is 0.592. The maximum absolute atomic E-state index is 12.3. The highest BCUT2D eigenvalue weighted by Crippen LogP contribution is 2.08. The molecule has 1 aromatic carbocycles. The first-order valence-electron chi connectivity index (χ1n) is 7.21. The maximum Gasteiger partial charge on any atom is 0.251 e. The Balaban J connectivity index is 1.46. The van der Waals surface area contributed by atoms with Crippen molar-refractivity contribution in [1.82, 2.24) is 40.1 Å². The van der Waals surface area contributed by atoms with Crippen LogP contribution in [0.25, 0.3) is 11.3 Å². The lowest BCUT2D eigenvalue weighted by Crippen LogP contribution is -2.24. The van der Waals surface area contributed by atoms with Crippen LogP contribution >= 0.6 is 0 Å². The van der Waals surface area contributed by atoms with E-state index in [2.05, 4.69) is 31.0 Å². The molecule has 0 saturated heterocycles. The van der Waals surface area contributed by atoms with Crippen molar-refractivity contribution in [2.75, 3.05) is 0 Å². The molecule has 0 aliphatic rings. The molecular formula is C15H12N8O. The van der Waals surface area contributed by atoms with Crippen molar-refractivity contribution in [3.8, 4) is 5.69 Å². The Hall–Kier alpha value is -3.62. The fourth-order valence-electron chi connectivity index (χ4n) is 2.32. The topological polar surface area (TPSA) is 103 Å². The van der Waals surface area contributed by atoms with Crippen molar-refractivity contribution in [3.05, 3.63) is 66.4 Å². The molecule has 0 fully saturated rings. The van der Waals surface area contributed by atoms with Gasteiger partial charge in [0.1, 0.15) is 6.33 Å². The molecule has 1 amide bonds. The van der Waals surface area contributed by atoms with Crippen LogP contribution in [0.1, 0.15) is 16.2 Å². The van der Waals surface area contributed by atoms with Gasteiger partial charge in [-0.05, 0) is 46.8 Å². The molecule has 4 rings (SSSR count). The Morgan fingerprint density at radius 2 is 1.96 bits per heavy atom. The molecule has 0 unspecified atom stereocenters. The van der Waals surface area contributed by atoms with Crippen molar-refractivity contribution < 1.29 is 4.79 Å². The van der Waals surface area contributed by atoms with Crippen LogP contribution < -0.4 is 5.32 Å². The van der Waals surface area contributed by atoms with Gasteiger partial charge >= 0.3 is 0 Å². The van der Waals surface area contributed by atoms with Gasteiger partial charge in [-0.25, -0.2) is 4.68 Å². The van der Waals surface area contributed by atoms with Gasteiger partial charge in [-0.15, -0.1) is 15.3 Å². The SMILES string of the molecule is O=C(NCc1nnc2ccccn12)c1ccc(-n2cnnn2)cc1. The fraction of sp³-hybridized carbons (Fsp3) is 0.0667. The lowest BCUT2D eigenvalue weighted by atomic mass is 10.2. The van der Waals surface area contributed by atoms with E-state index in [9.17, 15) is 4.79 Å². The highest BCUT2D eigenvalue weighted by molar-refractivity contribution is 5.94. The Morgan fingerprint density at radius 1 is 1.08 bits per heavy atom. The predicted molar refractivity (Wildman–Crippen MR) is 83.3 cm³/mol. The second kappa shape index (κ2) is 5.88. The fourth-order valence-corrected chi connectivity index (χ4v) is 2.32. The van der Waals surface area contributed by atoms with E-state index in [1.54, 1.807) is 24.3 Å². The second-order valence-electron chi connectivity index (χ2n) is 5.03. The zero-order valence-electron chi connectivity index (χ0n) is 12.4. The molecule has 0 spiro atoms. The summed E-state index contributed by atoms with van der Waals surface area (Å²) in [5, 5.41) is 21.9. The number of hydrogen-bond acceptors (Lipinski definition) is 6. The van der Waals surface area contributed by atoms with E-state index in [1.807, 2.05) is 28.8 Å². The second-order valence-corrected chi connectivity index (χ2v) is 5.03. The van der Waals surface area contributed by atoms with Crippen LogP contribution in [0.4, 0.5) is 0 Å². The Bertz CT molecular complexity index is 974. The Morgan fingerprint density at radius 3 is 2.75 bits per heavy atom. The van der Waals surface area contributed by atoms with Gasteiger partial charge in [0.25, 0.3) is 5.91 Å². The Labute approximate surface area is 135 Å². The van der Waals surface area contributed by atoms with Crippen LogP contribution in [-0.4, -0.2) is 40.7 Å². The third-order valence-corrected chi connectivity index (χ3v) is 3.53. The van der Waals surface area contributed by atoms with E-state index in [0.29, 0.717) is 17.9 Å². The third kappa shape index (κ3) is 2.58. The van der Waals surface area contributed by atoms with E-state index in [1.165, 1.54) is 11.0 Å². The summed E-state index contributed by atoms with van der Waals surface area (Å²) in [6.45, 7) is 0.290. The number of rotatable bonds is 4. The summed E-state index contributed by atoms with van der Waals surface area (Å²) in [6.07, 6.45) is 3.35. The van der Waals surface area contributed by atoms with E-state index < -0.39 is 0 Å². The average Bonchev–Trinajstić information content (AvgIpc) is 3.30. The highest BCUT2D eigenvalue weighted by Gasteiger charge is 2.09. The molecule has 0 aliphatic heterocycles. The summed E-state index contributed by atoms with van der Waals surface area (Å²) in [4.78, 5) is 12.3. The van der Waals surface area contributed by atoms with E-state index in [0.717, 1.165) is 11.3 Å². The third-order valence-electron chi connectivity index (χ3n) is 3.53. The summed E-state index contributed by atoms with van der Waals surface area (Å²) in [5.74, 6) is 0.482. The molecule has 0 bridgehead atoms. The summed E-state index contributed by atoms with van der Waals surface area (Å²) >= 11 is 0. The molecule has 3 aromatic heterocycles. The van der Waals surface area contributed by atoms with Crippen LogP contribution in [0, 0.1) is 0 Å². The molecule has 3 heterocycles. The first-order valence-corrected chi connectivity index (χ1v) is 7.21. The minimum Gasteiger partial charge on any atom is -0.345 e. The molecule has 0 saturated carbocycles. The van der Waals surface area contributed by atoms with Crippen LogP contribution in [0.2, 0.25) is 0 Å². The van der Waals surface area contributed by atoms with Crippen LogP contribution in [0.5, 0.6) is 0 Å². The zero-order valence-corrected chi connectivity index (χ0v) is 12.4. The number of amides is 1. The first kappa shape index (κ1) is 14.0. The molecule has 4 aromatic rings. The lowest BCUT2D eigenvalue weighted by molar-refractivity contribution is 0.0950. The minimum absolute atomic E-state index is 0.189. The van der Waals surface area contributed by atoms with Crippen molar-refractivity contribution in [2.45, 2.75) is 6.54 Å². The molecule has 118 valence electrons. The largest absolute Gasteiger partial charge is 0.345 e. The summed E-state index contributed by atoms with van der Waals surface area (Å²) in [7, 11) is 0. The standard InChI is InChI=1S/C15H12N8O/c24-15(11-4-6-12(7-5-11)23-10-17-20-21-23)16-9-14-19-18-13-3-1-2-8-22(13)14/h1-8,10H,9H2,(H,16,24). The number of carbonyl (C=O) groups is 1. The summed E-state index contributed by atoms with van der Waals surface area (Å²) < 4.78 is 3.35. The van der Waals surface area contributed by atoms with Crippen molar-refractivity contribution in [2.24, 2.45) is 0 Å². The molecular weight excluding hydrogens is 308 g/mol. The number of pyridine rings is 1. The van der Waals surface area contributed by atoms with Gasteiger partial charge < -0.3 is 5.32 Å². The average molecular weight is 320 g/mol. The molecule has 24 heavy (non-hydrogen) atoms. The van der Waals surface area contributed by atoms with Gasteiger partial charge in [-0.2, -0.15) is 0 Å². The van der Waals surface area contributed by atoms with Crippen LogP contribution in [0.3, 0.4) is 0 Å². The first-order chi connectivity index (χ1) is 11.8. The number of hydrogen-bond donors (Lipinski definition) is 1. The lowest BCUT2D eigenvalue weighted by Gasteiger charge is -2.05. The monoisotopic (exact) mass is 320 g/mol. The van der Waals surface area contributed by atoms with Gasteiger partial charge in [-0.1, -0.05) is 6.07 Å². The number of benzene rings is 1. The number of aromatic nitrogens is 7. The predicted octanol–water partition coefficient (Wildman–Crippen LogP) is 0.635. The normalized spacial score (nSPS) is 10.8. The number of nitrogens with zero attached hydrogens (tertiary/aromatic N) is 7. The van der Waals surface area contributed by atoms with Crippen molar-refractivity contribution in [1.29, 1.82) is 0 Å². The van der Waals surface area contributed by atoms with Crippen molar-refractivity contribution >= 4 is 11.6 Å². The van der Waals surface area contributed by atoms with Gasteiger partial charge in [0.2, 0.25) is 0 Å². The zero-order chi connectivity index (χ0) is 16.4. The molecule has 0 atom stereocenters. The maximum atomic E-state index is 12.3. The molecule has 0 radical (unpaired) electrons. The van der Waals surface area contributed by atoms with Crippen LogP contribution in [0.15, 0.2) is 55.0 Å². The van der Waals surface area contributed by atoms with Gasteiger partial charge in [0.05, 0.1) is 12.2 Å². The molecule has 9 nitrogen and oxygen atoms in total. The van der Waals surface area contributed by atoms with E-state index in [4.69, 9.17) is 0 Å². The number of tetrazole rings is 1. The van der Waals surface area contributed by atoms with Gasteiger partial charge in [-0.3, -0.25) is 9.20 Å². The molecule has 1 N–H and O–H groups in total. The van der Waals surface area contributed by atoms with E-state index >= 15 is 0 Å².